The van der Waals surface area contributed by atoms with Crippen molar-refractivity contribution in [1.29, 1.82) is 0 Å². The first-order valence-corrected chi connectivity index (χ1v) is 11.1. The van der Waals surface area contributed by atoms with E-state index >= 15 is 0 Å². The lowest BCUT2D eigenvalue weighted by Gasteiger charge is -2.09. The van der Waals surface area contributed by atoms with Gasteiger partial charge in [-0.05, 0) is 48.0 Å². The van der Waals surface area contributed by atoms with Crippen LogP contribution < -0.4 is 19.5 Å². The molecular weight excluding hydrogens is 436 g/mol. The minimum Gasteiger partial charge on any atom is -0.497 e. The van der Waals surface area contributed by atoms with Gasteiger partial charge in [0.1, 0.15) is 5.75 Å². The number of rotatable bonds is 8. The third-order valence-corrected chi connectivity index (χ3v) is 6.11. The van der Waals surface area contributed by atoms with E-state index in [4.69, 9.17) is 19.2 Å². The fraction of sp³-hybridized carbons (Fsp3) is 0.154. The number of anilines is 1. The number of ether oxygens (including phenoxy) is 3. The first kappa shape index (κ1) is 22.4. The quantitative estimate of drug-likeness (QED) is 0.366. The Morgan fingerprint density at radius 3 is 2.27 bits per heavy atom. The summed E-state index contributed by atoms with van der Waals surface area (Å²) < 4.78 is 15.8. The molecule has 0 radical (unpaired) electrons. The van der Waals surface area contributed by atoms with Crippen LogP contribution in [0.2, 0.25) is 0 Å². The number of nitrogens with one attached hydrogen (secondary N) is 1. The second kappa shape index (κ2) is 10.2. The lowest BCUT2D eigenvalue weighted by molar-refractivity contribution is 0.102. The average molecular weight is 461 g/mol. The number of carbonyl (C=O) groups excluding carboxylic acids is 1. The molecule has 1 amide bonds. The molecule has 0 aliphatic carbocycles. The van der Waals surface area contributed by atoms with Gasteiger partial charge < -0.3 is 14.2 Å². The van der Waals surface area contributed by atoms with Crippen molar-refractivity contribution in [3.05, 3.63) is 88.8 Å². The van der Waals surface area contributed by atoms with Crippen molar-refractivity contribution < 1.29 is 19.0 Å². The Bertz CT molecular complexity index is 1240. The molecule has 4 aromatic rings. The summed E-state index contributed by atoms with van der Waals surface area (Å²) in [5, 5.41) is 3.47. The van der Waals surface area contributed by atoms with Crippen LogP contribution in [0, 0.1) is 0 Å². The minimum absolute atomic E-state index is 0.266. The molecule has 0 aliphatic heterocycles. The maximum absolute atomic E-state index is 12.9. The molecule has 0 atom stereocenters. The summed E-state index contributed by atoms with van der Waals surface area (Å²) in [7, 11) is 4.74. The monoisotopic (exact) mass is 460 g/mol. The van der Waals surface area contributed by atoms with Gasteiger partial charge in [-0.2, -0.15) is 0 Å². The molecule has 33 heavy (non-hydrogen) atoms. The molecule has 0 spiro atoms. The van der Waals surface area contributed by atoms with Crippen molar-refractivity contribution >= 4 is 22.4 Å². The number of hydrogen-bond acceptors (Lipinski definition) is 6. The van der Waals surface area contributed by atoms with Crippen molar-refractivity contribution in [2.45, 2.75) is 6.42 Å². The molecule has 0 unspecified atom stereocenters. The first-order valence-electron chi connectivity index (χ1n) is 10.3. The van der Waals surface area contributed by atoms with E-state index in [0.29, 0.717) is 28.6 Å². The summed E-state index contributed by atoms with van der Waals surface area (Å²) in [6.45, 7) is 0. The second-order valence-electron chi connectivity index (χ2n) is 7.21. The third-order valence-electron chi connectivity index (χ3n) is 5.13. The SMILES string of the molecule is COc1ccc(-c2nc(NC(=O)c3ccc(OC)c(OC)c3)sc2Cc2ccccc2)cc1. The number of carbonyl (C=O) groups is 1. The van der Waals surface area contributed by atoms with E-state index in [-0.39, 0.29) is 5.91 Å². The highest BCUT2D eigenvalue weighted by molar-refractivity contribution is 7.16. The van der Waals surface area contributed by atoms with Crippen LogP contribution in [0.5, 0.6) is 17.2 Å². The molecule has 1 heterocycles. The van der Waals surface area contributed by atoms with Gasteiger partial charge in [0.25, 0.3) is 5.91 Å². The molecule has 0 saturated heterocycles. The van der Waals surface area contributed by atoms with Gasteiger partial charge in [-0.15, -0.1) is 11.3 Å². The number of methoxy groups -OCH3 is 3. The van der Waals surface area contributed by atoms with Gasteiger partial charge in [-0.1, -0.05) is 30.3 Å². The maximum Gasteiger partial charge on any atom is 0.257 e. The largest absolute Gasteiger partial charge is 0.497 e. The number of benzene rings is 3. The summed E-state index contributed by atoms with van der Waals surface area (Å²) in [4.78, 5) is 18.8. The molecule has 0 saturated carbocycles. The molecule has 0 bridgehead atoms. The molecule has 3 aromatic carbocycles. The summed E-state index contributed by atoms with van der Waals surface area (Å²) >= 11 is 1.47. The number of hydrogen-bond donors (Lipinski definition) is 1. The van der Waals surface area contributed by atoms with Crippen LogP contribution in [0.25, 0.3) is 11.3 Å². The molecule has 1 N–H and O–H groups in total. The molecular formula is C26H24N2O4S. The molecule has 6 nitrogen and oxygen atoms in total. The number of thiazole rings is 1. The van der Waals surface area contributed by atoms with E-state index in [1.165, 1.54) is 24.0 Å². The van der Waals surface area contributed by atoms with Gasteiger partial charge in [-0.25, -0.2) is 4.98 Å². The van der Waals surface area contributed by atoms with Gasteiger partial charge in [-0.3, -0.25) is 10.1 Å². The number of nitrogens with zero attached hydrogens (tertiary/aromatic N) is 1. The fourth-order valence-electron chi connectivity index (χ4n) is 3.43. The third kappa shape index (κ3) is 5.15. The fourth-order valence-corrected chi connectivity index (χ4v) is 4.44. The average Bonchev–Trinajstić information content (AvgIpc) is 3.25. The van der Waals surface area contributed by atoms with Crippen LogP contribution in [0.15, 0.2) is 72.8 Å². The van der Waals surface area contributed by atoms with Gasteiger partial charge in [0.2, 0.25) is 0 Å². The predicted octanol–water partition coefficient (Wildman–Crippen LogP) is 5.68. The Balaban J connectivity index is 1.64. The van der Waals surface area contributed by atoms with Crippen LogP contribution in [0.1, 0.15) is 20.8 Å². The Kier molecular flexibility index (Phi) is 6.90. The van der Waals surface area contributed by atoms with Crippen molar-refractivity contribution in [2.75, 3.05) is 26.6 Å². The summed E-state index contributed by atoms with van der Waals surface area (Å²) in [6.07, 6.45) is 0.714. The van der Waals surface area contributed by atoms with Crippen molar-refractivity contribution in [2.24, 2.45) is 0 Å². The van der Waals surface area contributed by atoms with Gasteiger partial charge >= 0.3 is 0 Å². The number of aromatic nitrogens is 1. The Labute approximate surface area is 196 Å². The summed E-state index contributed by atoms with van der Waals surface area (Å²) in [6, 6.07) is 23.0. The van der Waals surface area contributed by atoms with Crippen molar-refractivity contribution in [3.8, 4) is 28.5 Å². The van der Waals surface area contributed by atoms with E-state index in [9.17, 15) is 4.79 Å². The first-order chi connectivity index (χ1) is 16.1. The van der Waals surface area contributed by atoms with Gasteiger partial charge in [0.15, 0.2) is 16.6 Å². The summed E-state index contributed by atoms with van der Waals surface area (Å²) in [5.41, 5.74) is 3.44. The highest BCUT2D eigenvalue weighted by Crippen LogP contribution is 2.34. The molecule has 0 fully saturated rings. The van der Waals surface area contributed by atoms with Crippen LogP contribution in [0.4, 0.5) is 5.13 Å². The van der Waals surface area contributed by atoms with Gasteiger partial charge in [0, 0.05) is 22.4 Å². The Hall–Kier alpha value is -3.84. The maximum atomic E-state index is 12.9. The second-order valence-corrected chi connectivity index (χ2v) is 8.29. The minimum atomic E-state index is -0.266. The lowest BCUT2D eigenvalue weighted by Crippen LogP contribution is -2.12. The van der Waals surface area contributed by atoms with Crippen LogP contribution in [0.3, 0.4) is 0 Å². The normalized spacial score (nSPS) is 10.5. The Morgan fingerprint density at radius 2 is 1.61 bits per heavy atom. The van der Waals surface area contributed by atoms with E-state index in [0.717, 1.165) is 21.9 Å². The highest BCUT2D eigenvalue weighted by atomic mass is 32.1. The molecule has 4 rings (SSSR count). The summed E-state index contributed by atoms with van der Waals surface area (Å²) in [5.74, 6) is 1.57. The van der Waals surface area contributed by atoms with Gasteiger partial charge in [0.05, 0.1) is 27.0 Å². The zero-order chi connectivity index (χ0) is 23.2. The molecule has 1 aromatic heterocycles. The van der Waals surface area contributed by atoms with E-state index in [1.807, 2.05) is 42.5 Å². The topological polar surface area (TPSA) is 69.7 Å². The zero-order valence-corrected chi connectivity index (χ0v) is 19.4. The molecule has 168 valence electrons. The van der Waals surface area contributed by atoms with Crippen molar-refractivity contribution in [3.63, 3.8) is 0 Å². The Morgan fingerprint density at radius 1 is 0.879 bits per heavy atom. The molecule has 0 aliphatic rings. The standard InChI is InChI=1S/C26H24N2O4S/c1-30-20-12-9-18(10-13-20)24-23(15-17-7-5-4-6-8-17)33-26(27-24)28-25(29)19-11-14-21(31-2)22(16-19)32-3/h4-14,16H,15H2,1-3H3,(H,27,28,29). The van der Waals surface area contributed by atoms with E-state index < -0.39 is 0 Å². The van der Waals surface area contributed by atoms with Crippen LogP contribution >= 0.6 is 11.3 Å². The lowest BCUT2D eigenvalue weighted by atomic mass is 10.1. The number of amides is 1. The molecule has 7 heteroatoms. The smallest absolute Gasteiger partial charge is 0.257 e. The van der Waals surface area contributed by atoms with Crippen molar-refractivity contribution in [1.82, 2.24) is 4.98 Å². The predicted molar refractivity (Wildman–Crippen MR) is 131 cm³/mol. The zero-order valence-electron chi connectivity index (χ0n) is 18.6. The van der Waals surface area contributed by atoms with E-state index in [2.05, 4.69) is 17.4 Å². The highest BCUT2D eigenvalue weighted by Gasteiger charge is 2.17. The van der Waals surface area contributed by atoms with Crippen LogP contribution in [-0.2, 0) is 6.42 Å². The van der Waals surface area contributed by atoms with E-state index in [1.54, 1.807) is 32.4 Å². The van der Waals surface area contributed by atoms with Crippen LogP contribution in [-0.4, -0.2) is 32.2 Å².